The number of nitrogens with one attached hydrogen (secondary N) is 1. The maximum absolute atomic E-state index is 8.91. The number of hydrogen-bond donors (Lipinski definition) is 1. The monoisotopic (exact) mass is 246 g/mol. The zero-order valence-electron chi connectivity index (χ0n) is 11.7. The maximum atomic E-state index is 8.91. The van der Waals surface area contributed by atoms with Gasteiger partial charge in [-0.1, -0.05) is 13.8 Å². The molecule has 1 aromatic carbocycles. The molecular weight excluding hydrogens is 224 g/mol. The summed E-state index contributed by atoms with van der Waals surface area (Å²) in [7, 11) is 1.66. The fourth-order valence-electron chi connectivity index (χ4n) is 2.06. The first kappa shape index (κ1) is 14.5. The quantitative estimate of drug-likeness (QED) is 0.839. The Morgan fingerprint density at radius 3 is 2.61 bits per heavy atom. The third-order valence-electron chi connectivity index (χ3n) is 2.88. The van der Waals surface area contributed by atoms with E-state index in [0.717, 1.165) is 24.3 Å². The van der Waals surface area contributed by atoms with Crippen molar-refractivity contribution in [2.45, 2.75) is 39.8 Å². The SMILES string of the molecule is COc1ccc(C#N)cc1CNC(C)CC(C)C. The van der Waals surface area contributed by atoms with Crippen molar-refractivity contribution in [3.8, 4) is 11.8 Å². The average molecular weight is 246 g/mol. The van der Waals surface area contributed by atoms with E-state index in [4.69, 9.17) is 10.00 Å². The smallest absolute Gasteiger partial charge is 0.123 e. The first-order chi connectivity index (χ1) is 8.56. The number of methoxy groups -OCH3 is 1. The van der Waals surface area contributed by atoms with Gasteiger partial charge in [0.05, 0.1) is 18.7 Å². The Labute approximate surface area is 110 Å². The Morgan fingerprint density at radius 2 is 2.06 bits per heavy atom. The van der Waals surface area contributed by atoms with E-state index in [9.17, 15) is 0 Å². The molecule has 0 radical (unpaired) electrons. The third-order valence-corrected chi connectivity index (χ3v) is 2.88. The van der Waals surface area contributed by atoms with Crippen LogP contribution in [0.1, 0.15) is 38.3 Å². The summed E-state index contributed by atoms with van der Waals surface area (Å²) in [6.07, 6.45) is 1.14. The van der Waals surface area contributed by atoms with Crippen LogP contribution in [0.2, 0.25) is 0 Å². The van der Waals surface area contributed by atoms with Crippen LogP contribution in [0.3, 0.4) is 0 Å². The van der Waals surface area contributed by atoms with Gasteiger partial charge >= 0.3 is 0 Å². The van der Waals surface area contributed by atoms with Crippen molar-refractivity contribution >= 4 is 0 Å². The van der Waals surface area contributed by atoms with Crippen LogP contribution in [-0.4, -0.2) is 13.2 Å². The van der Waals surface area contributed by atoms with Gasteiger partial charge in [-0.2, -0.15) is 5.26 Å². The van der Waals surface area contributed by atoms with Gasteiger partial charge < -0.3 is 10.1 Å². The fraction of sp³-hybridized carbons (Fsp3) is 0.533. The Bertz CT molecular complexity index is 421. The summed E-state index contributed by atoms with van der Waals surface area (Å²) in [6, 6.07) is 8.12. The number of rotatable bonds is 6. The second-order valence-electron chi connectivity index (χ2n) is 5.05. The van der Waals surface area contributed by atoms with Crippen LogP contribution in [0.15, 0.2) is 18.2 Å². The van der Waals surface area contributed by atoms with Crippen molar-refractivity contribution in [1.82, 2.24) is 5.32 Å². The number of nitrogens with zero attached hydrogens (tertiary/aromatic N) is 1. The summed E-state index contributed by atoms with van der Waals surface area (Å²) < 4.78 is 5.31. The molecule has 1 atom stereocenters. The van der Waals surface area contributed by atoms with Crippen LogP contribution in [0, 0.1) is 17.2 Å². The molecule has 0 aliphatic carbocycles. The van der Waals surface area contributed by atoms with Gasteiger partial charge in [0.15, 0.2) is 0 Å². The molecule has 1 unspecified atom stereocenters. The van der Waals surface area contributed by atoms with Crippen LogP contribution in [0.5, 0.6) is 5.75 Å². The lowest BCUT2D eigenvalue weighted by Gasteiger charge is -2.17. The van der Waals surface area contributed by atoms with E-state index in [-0.39, 0.29) is 0 Å². The molecule has 1 aromatic rings. The first-order valence-electron chi connectivity index (χ1n) is 6.37. The summed E-state index contributed by atoms with van der Waals surface area (Å²) in [5.41, 5.74) is 1.70. The van der Waals surface area contributed by atoms with E-state index in [1.165, 1.54) is 0 Å². The molecular formula is C15H22N2O. The lowest BCUT2D eigenvalue weighted by molar-refractivity contribution is 0.400. The molecule has 3 nitrogen and oxygen atoms in total. The van der Waals surface area contributed by atoms with Crippen LogP contribution < -0.4 is 10.1 Å². The van der Waals surface area contributed by atoms with Gasteiger partial charge in [0, 0.05) is 18.2 Å². The normalized spacial score (nSPS) is 12.2. The number of benzene rings is 1. The molecule has 3 heteroatoms. The predicted molar refractivity (Wildman–Crippen MR) is 73.5 cm³/mol. The van der Waals surface area contributed by atoms with Gasteiger partial charge in [-0.05, 0) is 37.5 Å². The second-order valence-corrected chi connectivity index (χ2v) is 5.05. The molecule has 0 saturated heterocycles. The predicted octanol–water partition coefficient (Wildman–Crippen LogP) is 3.09. The molecule has 0 saturated carbocycles. The van der Waals surface area contributed by atoms with Crippen LogP contribution in [-0.2, 0) is 6.54 Å². The summed E-state index contributed by atoms with van der Waals surface area (Å²) in [4.78, 5) is 0. The molecule has 0 bridgehead atoms. The van der Waals surface area contributed by atoms with Crippen LogP contribution in [0.25, 0.3) is 0 Å². The molecule has 1 rings (SSSR count). The Kier molecular flexibility index (Phi) is 5.67. The van der Waals surface area contributed by atoms with E-state index >= 15 is 0 Å². The minimum Gasteiger partial charge on any atom is -0.496 e. The van der Waals surface area contributed by atoms with Gasteiger partial charge in [-0.15, -0.1) is 0 Å². The summed E-state index contributed by atoms with van der Waals surface area (Å²) in [5.74, 6) is 1.51. The van der Waals surface area contributed by atoms with Gasteiger partial charge in [0.25, 0.3) is 0 Å². The highest BCUT2D eigenvalue weighted by atomic mass is 16.5. The highest BCUT2D eigenvalue weighted by Gasteiger charge is 2.08. The van der Waals surface area contributed by atoms with Crippen molar-refractivity contribution in [3.05, 3.63) is 29.3 Å². The van der Waals surface area contributed by atoms with Crippen molar-refractivity contribution in [1.29, 1.82) is 5.26 Å². The molecule has 0 fully saturated rings. The van der Waals surface area contributed by atoms with Crippen molar-refractivity contribution in [3.63, 3.8) is 0 Å². The minimum atomic E-state index is 0.459. The Balaban J connectivity index is 2.68. The molecule has 0 aliphatic heterocycles. The van der Waals surface area contributed by atoms with Gasteiger partial charge in [-0.25, -0.2) is 0 Å². The molecule has 0 aromatic heterocycles. The second kappa shape index (κ2) is 7.03. The van der Waals surface area contributed by atoms with Crippen LogP contribution >= 0.6 is 0 Å². The molecule has 1 N–H and O–H groups in total. The van der Waals surface area contributed by atoms with Crippen molar-refractivity contribution < 1.29 is 4.74 Å². The minimum absolute atomic E-state index is 0.459. The largest absolute Gasteiger partial charge is 0.496 e. The summed E-state index contributed by atoms with van der Waals surface area (Å²) in [5, 5.41) is 12.4. The molecule has 0 heterocycles. The topological polar surface area (TPSA) is 45.0 Å². The first-order valence-corrected chi connectivity index (χ1v) is 6.37. The zero-order chi connectivity index (χ0) is 13.5. The Morgan fingerprint density at radius 1 is 1.33 bits per heavy atom. The average Bonchev–Trinajstić information content (AvgIpc) is 2.35. The fourth-order valence-corrected chi connectivity index (χ4v) is 2.06. The lowest BCUT2D eigenvalue weighted by Crippen LogP contribution is -2.27. The number of nitriles is 1. The van der Waals surface area contributed by atoms with Gasteiger partial charge in [0.2, 0.25) is 0 Å². The Hall–Kier alpha value is -1.53. The van der Waals surface area contributed by atoms with Crippen molar-refractivity contribution in [2.24, 2.45) is 5.92 Å². The molecule has 0 spiro atoms. The molecule has 0 amide bonds. The zero-order valence-corrected chi connectivity index (χ0v) is 11.7. The van der Waals surface area contributed by atoms with Crippen molar-refractivity contribution in [2.75, 3.05) is 7.11 Å². The van der Waals surface area contributed by atoms with Crippen LogP contribution in [0.4, 0.5) is 0 Å². The number of ether oxygens (including phenoxy) is 1. The lowest BCUT2D eigenvalue weighted by atomic mass is 10.0. The maximum Gasteiger partial charge on any atom is 0.123 e. The van der Waals surface area contributed by atoms with Gasteiger partial charge in [0.1, 0.15) is 5.75 Å². The molecule has 98 valence electrons. The van der Waals surface area contributed by atoms with E-state index in [0.29, 0.717) is 17.5 Å². The summed E-state index contributed by atoms with van der Waals surface area (Å²) >= 11 is 0. The van der Waals surface area contributed by atoms with Gasteiger partial charge in [-0.3, -0.25) is 0 Å². The third kappa shape index (κ3) is 4.38. The standard InChI is InChI=1S/C15H22N2O/c1-11(2)7-12(3)17-10-14-8-13(9-16)5-6-15(14)18-4/h5-6,8,11-12,17H,7,10H2,1-4H3. The van der Waals surface area contributed by atoms with E-state index in [2.05, 4.69) is 32.2 Å². The highest BCUT2D eigenvalue weighted by Crippen LogP contribution is 2.19. The van der Waals surface area contributed by atoms with E-state index in [1.54, 1.807) is 13.2 Å². The summed E-state index contributed by atoms with van der Waals surface area (Å²) in [6.45, 7) is 7.34. The molecule has 18 heavy (non-hydrogen) atoms. The highest BCUT2D eigenvalue weighted by molar-refractivity contribution is 5.41. The molecule has 0 aliphatic rings. The number of hydrogen-bond acceptors (Lipinski definition) is 3. The van der Waals surface area contributed by atoms with E-state index in [1.807, 2.05) is 12.1 Å². The van der Waals surface area contributed by atoms with E-state index < -0.39 is 0 Å².